The van der Waals surface area contributed by atoms with E-state index in [1.165, 1.54) is 0 Å². The third kappa shape index (κ3) is 8.10. The van der Waals surface area contributed by atoms with E-state index in [9.17, 15) is 19.5 Å². The molecule has 0 saturated heterocycles. The molecule has 0 aliphatic rings. The number of aliphatic carboxylic acids is 1. The van der Waals surface area contributed by atoms with E-state index in [1.807, 2.05) is 54.6 Å². The van der Waals surface area contributed by atoms with Gasteiger partial charge in [-0.05, 0) is 62.4 Å². The average molecular weight is 474 g/mol. The summed E-state index contributed by atoms with van der Waals surface area (Å²) in [7, 11) is 0. The van der Waals surface area contributed by atoms with Crippen molar-refractivity contribution in [1.29, 1.82) is 0 Å². The van der Waals surface area contributed by atoms with E-state index in [4.69, 9.17) is 4.74 Å². The molecule has 2 N–H and O–H groups in total. The van der Waals surface area contributed by atoms with Gasteiger partial charge in [-0.25, -0.2) is 4.79 Å². The van der Waals surface area contributed by atoms with Crippen LogP contribution in [-0.4, -0.2) is 28.6 Å². The zero-order valence-corrected chi connectivity index (χ0v) is 20.3. The van der Waals surface area contributed by atoms with Crippen LogP contribution in [0.25, 0.3) is 11.1 Å². The van der Waals surface area contributed by atoms with Crippen LogP contribution in [0.4, 0.5) is 10.5 Å². The van der Waals surface area contributed by atoms with Crippen LogP contribution in [0, 0.1) is 5.92 Å². The van der Waals surface area contributed by atoms with Crippen LogP contribution in [0.2, 0.25) is 0 Å². The number of carbonyl (C=O) groups is 3. The quantitative estimate of drug-likeness (QED) is 0.341. The molecule has 3 aromatic rings. The van der Waals surface area contributed by atoms with E-state index in [0.29, 0.717) is 24.1 Å². The van der Waals surface area contributed by atoms with Crippen LogP contribution in [0.3, 0.4) is 0 Å². The summed E-state index contributed by atoms with van der Waals surface area (Å²) in [5, 5.41) is 12.3. The normalized spacial score (nSPS) is 12.0. The number of anilines is 1. The summed E-state index contributed by atoms with van der Waals surface area (Å²) in [4.78, 5) is 36.4. The highest BCUT2D eigenvalue weighted by Gasteiger charge is 2.22. The van der Waals surface area contributed by atoms with Crippen LogP contribution in [0.5, 0.6) is 0 Å². The maximum absolute atomic E-state index is 12.7. The first kappa shape index (κ1) is 25.7. The molecule has 3 aromatic carbocycles. The fraction of sp³-hybridized carbons (Fsp3) is 0.276. The Morgan fingerprint density at radius 3 is 1.97 bits per heavy atom. The lowest BCUT2D eigenvalue weighted by Gasteiger charge is -2.19. The summed E-state index contributed by atoms with van der Waals surface area (Å²) in [6.07, 6.45) is 0.471. The van der Waals surface area contributed by atoms with Crippen LogP contribution in [-0.2, 0) is 16.0 Å². The molecule has 0 radical (unpaired) electrons. The third-order valence-electron chi connectivity index (χ3n) is 5.48. The summed E-state index contributed by atoms with van der Waals surface area (Å²) in [5.41, 5.74) is 3.42. The molecule has 6 nitrogen and oxygen atoms in total. The number of benzene rings is 3. The number of carboxylic acid groups (broad SMARTS) is 1. The number of ether oxygens (including phenoxy) is 1. The minimum atomic E-state index is -0.953. The van der Waals surface area contributed by atoms with Crippen molar-refractivity contribution in [2.45, 2.75) is 45.6 Å². The largest absolute Gasteiger partial charge is 0.481 e. The van der Waals surface area contributed by atoms with Gasteiger partial charge in [-0.3, -0.25) is 14.9 Å². The SMILES string of the molecule is CC(C)(C)OC(=O)Nc1ccc(-c2ccc(C(=O)CC(CCc3ccccc3)C(=O)O)cc2)cc1. The van der Waals surface area contributed by atoms with Gasteiger partial charge in [0.2, 0.25) is 0 Å². The zero-order valence-electron chi connectivity index (χ0n) is 20.3. The molecule has 6 heteroatoms. The van der Waals surface area contributed by atoms with Crippen molar-refractivity contribution >= 4 is 23.5 Å². The lowest BCUT2D eigenvalue weighted by molar-refractivity contribution is -0.141. The molecule has 0 fully saturated rings. The molecule has 0 bridgehead atoms. The zero-order chi connectivity index (χ0) is 25.4. The Hall–Kier alpha value is -3.93. The molecule has 0 heterocycles. The molecule has 0 spiro atoms. The topological polar surface area (TPSA) is 92.7 Å². The molecule has 35 heavy (non-hydrogen) atoms. The van der Waals surface area contributed by atoms with Gasteiger partial charge in [0.05, 0.1) is 5.92 Å². The average Bonchev–Trinajstić information content (AvgIpc) is 2.81. The summed E-state index contributed by atoms with van der Waals surface area (Å²) in [6.45, 7) is 5.41. The van der Waals surface area contributed by atoms with Crippen molar-refractivity contribution in [2.75, 3.05) is 5.32 Å². The molecule has 0 aliphatic carbocycles. The highest BCUT2D eigenvalue weighted by atomic mass is 16.6. The van der Waals surface area contributed by atoms with Crippen molar-refractivity contribution in [2.24, 2.45) is 5.92 Å². The van der Waals surface area contributed by atoms with Gasteiger partial charge < -0.3 is 9.84 Å². The number of rotatable bonds is 9. The third-order valence-corrected chi connectivity index (χ3v) is 5.48. The van der Waals surface area contributed by atoms with Crippen molar-refractivity contribution in [3.8, 4) is 11.1 Å². The lowest BCUT2D eigenvalue weighted by atomic mass is 9.92. The molecule has 0 saturated carbocycles. The van der Waals surface area contributed by atoms with Gasteiger partial charge >= 0.3 is 12.1 Å². The van der Waals surface area contributed by atoms with Gasteiger partial charge in [0.1, 0.15) is 5.60 Å². The van der Waals surface area contributed by atoms with Gasteiger partial charge in [0, 0.05) is 17.7 Å². The predicted octanol–water partition coefficient (Wildman–Crippen LogP) is 6.61. The number of ketones is 1. The minimum absolute atomic E-state index is 0.0352. The number of amides is 1. The smallest absolute Gasteiger partial charge is 0.412 e. The standard InChI is InChI=1S/C29H31NO5/c1-29(2,3)35-28(34)30-25-17-15-22(16-18-25)21-11-13-23(14-12-21)26(31)19-24(27(32)33)10-9-20-7-5-4-6-8-20/h4-8,11-18,24H,9-10,19H2,1-3H3,(H,30,34)(H,32,33). The fourth-order valence-corrected chi connectivity index (χ4v) is 3.66. The van der Waals surface area contributed by atoms with Gasteiger partial charge in [0.15, 0.2) is 5.78 Å². The number of aryl methyl sites for hydroxylation is 1. The Labute approximate surface area is 206 Å². The second-order valence-corrected chi connectivity index (χ2v) is 9.47. The molecule has 0 aliphatic heterocycles. The monoisotopic (exact) mass is 473 g/mol. The number of hydrogen-bond acceptors (Lipinski definition) is 4. The number of carboxylic acids is 1. The van der Waals surface area contributed by atoms with Crippen LogP contribution in [0.15, 0.2) is 78.9 Å². The van der Waals surface area contributed by atoms with E-state index >= 15 is 0 Å². The maximum atomic E-state index is 12.7. The fourth-order valence-electron chi connectivity index (χ4n) is 3.66. The summed E-state index contributed by atoms with van der Waals surface area (Å²) >= 11 is 0. The van der Waals surface area contributed by atoms with Crippen molar-refractivity contribution in [3.63, 3.8) is 0 Å². The van der Waals surface area contributed by atoms with Gasteiger partial charge in [-0.1, -0.05) is 66.7 Å². The minimum Gasteiger partial charge on any atom is -0.481 e. The Morgan fingerprint density at radius 2 is 1.43 bits per heavy atom. The Bertz CT molecular complexity index is 1150. The van der Waals surface area contributed by atoms with Crippen LogP contribution < -0.4 is 5.32 Å². The van der Waals surface area contributed by atoms with E-state index in [0.717, 1.165) is 16.7 Å². The number of hydrogen-bond donors (Lipinski definition) is 2. The first-order chi connectivity index (χ1) is 16.6. The number of carbonyl (C=O) groups excluding carboxylic acids is 2. The van der Waals surface area contributed by atoms with Gasteiger partial charge in [-0.2, -0.15) is 0 Å². The summed E-state index contributed by atoms with van der Waals surface area (Å²) in [5.74, 6) is -1.87. The van der Waals surface area contributed by atoms with Crippen LogP contribution >= 0.6 is 0 Å². The molecule has 1 unspecified atom stereocenters. The van der Waals surface area contributed by atoms with E-state index in [2.05, 4.69) is 5.32 Å². The van der Waals surface area contributed by atoms with E-state index in [1.54, 1.807) is 45.0 Å². The second kappa shape index (κ2) is 11.5. The number of Topliss-reactive ketones (excluding diaryl/α,β-unsaturated/α-hetero) is 1. The lowest BCUT2D eigenvalue weighted by Crippen LogP contribution is -2.27. The highest BCUT2D eigenvalue weighted by Crippen LogP contribution is 2.24. The Balaban J connectivity index is 1.59. The first-order valence-corrected chi connectivity index (χ1v) is 11.6. The Kier molecular flexibility index (Phi) is 8.42. The van der Waals surface area contributed by atoms with Crippen molar-refractivity contribution < 1.29 is 24.2 Å². The molecule has 1 atom stereocenters. The molecule has 1 amide bonds. The van der Waals surface area contributed by atoms with E-state index < -0.39 is 23.6 Å². The first-order valence-electron chi connectivity index (χ1n) is 11.6. The van der Waals surface area contributed by atoms with Crippen molar-refractivity contribution in [1.82, 2.24) is 0 Å². The molecular weight excluding hydrogens is 442 g/mol. The van der Waals surface area contributed by atoms with Gasteiger partial charge in [-0.15, -0.1) is 0 Å². The summed E-state index contributed by atoms with van der Waals surface area (Å²) in [6, 6.07) is 24.1. The molecule has 182 valence electrons. The number of nitrogens with one attached hydrogen (secondary N) is 1. The molecule has 3 rings (SSSR count). The summed E-state index contributed by atoms with van der Waals surface area (Å²) < 4.78 is 5.25. The van der Waals surface area contributed by atoms with Crippen molar-refractivity contribution in [3.05, 3.63) is 90.0 Å². The highest BCUT2D eigenvalue weighted by molar-refractivity contribution is 5.98. The van der Waals surface area contributed by atoms with Gasteiger partial charge in [0.25, 0.3) is 0 Å². The maximum Gasteiger partial charge on any atom is 0.412 e. The molecular formula is C29H31NO5. The molecule has 0 aromatic heterocycles. The predicted molar refractivity (Wildman–Crippen MR) is 137 cm³/mol. The second-order valence-electron chi connectivity index (χ2n) is 9.47. The van der Waals surface area contributed by atoms with Crippen LogP contribution in [0.1, 0.15) is 49.5 Å². The van der Waals surface area contributed by atoms with E-state index in [-0.39, 0.29) is 12.2 Å². The Morgan fingerprint density at radius 1 is 0.857 bits per heavy atom.